The van der Waals surface area contributed by atoms with Crippen LogP contribution < -0.4 is 15.8 Å². The summed E-state index contributed by atoms with van der Waals surface area (Å²) in [5.41, 5.74) is 7.50. The van der Waals surface area contributed by atoms with Crippen LogP contribution in [0.3, 0.4) is 0 Å². The van der Waals surface area contributed by atoms with Gasteiger partial charge in [0.15, 0.2) is 0 Å². The maximum Gasteiger partial charge on any atom is 0.143 e. The third-order valence-electron chi connectivity index (χ3n) is 1.91. The number of nitrogens with one attached hydrogen (secondary N) is 1. The second kappa shape index (κ2) is 3.32. The zero-order valence-electron chi connectivity index (χ0n) is 7.04. The largest absolute Gasteiger partial charge is 0.484 e. The molecular weight excluding hydrogens is 184 g/mol. The van der Waals surface area contributed by atoms with Crippen molar-refractivity contribution < 1.29 is 4.74 Å². The summed E-state index contributed by atoms with van der Waals surface area (Å²) in [6.45, 7) is 0.992. The molecule has 1 heterocycles. The molecular formula is C9H10N2OS. The average molecular weight is 194 g/mol. The predicted octanol–water partition coefficient (Wildman–Crippen LogP) is 1.28. The summed E-state index contributed by atoms with van der Waals surface area (Å²) >= 11 is 4.99. The van der Waals surface area contributed by atoms with Crippen molar-refractivity contribution in [2.45, 2.75) is 6.54 Å². The van der Waals surface area contributed by atoms with Crippen LogP contribution in [0.25, 0.3) is 0 Å². The van der Waals surface area contributed by atoms with E-state index in [9.17, 15) is 0 Å². The molecule has 0 atom stereocenters. The summed E-state index contributed by atoms with van der Waals surface area (Å²) < 4.78 is 5.39. The molecule has 0 fully saturated rings. The van der Waals surface area contributed by atoms with Gasteiger partial charge in [0.1, 0.15) is 17.3 Å². The van der Waals surface area contributed by atoms with Crippen LogP contribution in [0.4, 0.5) is 5.69 Å². The van der Waals surface area contributed by atoms with E-state index in [1.54, 1.807) is 0 Å². The van der Waals surface area contributed by atoms with Crippen LogP contribution in [-0.4, -0.2) is 11.6 Å². The fourth-order valence-corrected chi connectivity index (χ4v) is 1.43. The first-order valence-electron chi connectivity index (χ1n) is 4.05. The van der Waals surface area contributed by atoms with Crippen molar-refractivity contribution in [2.75, 3.05) is 11.9 Å². The molecule has 13 heavy (non-hydrogen) atoms. The van der Waals surface area contributed by atoms with Crippen molar-refractivity contribution in [1.82, 2.24) is 0 Å². The second-order valence-electron chi connectivity index (χ2n) is 2.87. The second-order valence-corrected chi connectivity index (χ2v) is 3.36. The summed E-state index contributed by atoms with van der Waals surface area (Å²) in [4.78, 5) is 0.710. The number of thiocarbonyl (C=S) groups is 1. The van der Waals surface area contributed by atoms with E-state index in [1.165, 1.54) is 0 Å². The molecule has 3 N–H and O–H groups in total. The molecule has 0 unspecified atom stereocenters. The van der Waals surface area contributed by atoms with Crippen molar-refractivity contribution in [3.63, 3.8) is 0 Å². The number of rotatable bonds is 1. The highest BCUT2D eigenvalue weighted by atomic mass is 32.1. The molecule has 1 aromatic carbocycles. The van der Waals surface area contributed by atoms with Crippen molar-refractivity contribution in [3.05, 3.63) is 23.8 Å². The predicted molar refractivity (Wildman–Crippen MR) is 56.0 cm³/mol. The van der Waals surface area contributed by atoms with E-state index in [-0.39, 0.29) is 0 Å². The lowest BCUT2D eigenvalue weighted by Crippen LogP contribution is -2.23. The SMILES string of the molecule is NCc1ccc2c(c1)NC(=S)CO2. The van der Waals surface area contributed by atoms with Gasteiger partial charge >= 0.3 is 0 Å². The Balaban J connectivity index is 2.38. The minimum atomic E-state index is 0.463. The first-order valence-corrected chi connectivity index (χ1v) is 4.46. The molecule has 0 radical (unpaired) electrons. The molecule has 1 aliphatic heterocycles. The van der Waals surface area contributed by atoms with Gasteiger partial charge in [-0.25, -0.2) is 0 Å². The Morgan fingerprint density at radius 2 is 2.38 bits per heavy atom. The van der Waals surface area contributed by atoms with E-state index < -0.39 is 0 Å². The molecule has 1 aromatic rings. The first kappa shape index (κ1) is 8.47. The smallest absolute Gasteiger partial charge is 0.143 e. The summed E-state index contributed by atoms with van der Waals surface area (Å²) in [5, 5.41) is 3.09. The van der Waals surface area contributed by atoms with Gasteiger partial charge in [-0.3, -0.25) is 0 Å². The summed E-state index contributed by atoms with van der Waals surface area (Å²) in [6, 6.07) is 5.82. The summed E-state index contributed by atoms with van der Waals surface area (Å²) in [5.74, 6) is 0.839. The van der Waals surface area contributed by atoms with E-state index >= 15 is 0 Å². The van der Waals surface area contributed by atoms with Gasteiger partial charge in [0, 0.05) is 6.54 Å². The highest BCUT2D eigenvalue weighted by molar-refractivity contribution is 7.80. The molecule has 0 spiro atoms. The van der Waals surface area contributed by atoms with Crippen LogP contribution in [0, 0.1) is 0 Å². The Kier molecular flexibility index (Phi) is 2.16. The van der Waals surface area contributed by atoms with Gasteiger partial charge in [-0.2, -0.15) is 0 Å². The van der Waals surface area contributed by atoms with Crippen molar-refractivity contribution >= 4 is 22.9 Å². The van der Waals surface area contributed by atoms with E-state index in [2.05, 4.69) is 5.32 Å². The molecule has 0 saturated heterocycles. The Bertz CT molecular complexity index is 351. The molecule has 0 bridgehead atoms. The topological polar surface area (TPSA) is 47.3 Å². The maximum absolute atomic E-state index is 5.52. The molecule has 1 aliphatic rings. The molecule has 3 nitrogen and oxygen atoms in total. The van der Waals surface area contributed by atoms with Gasteiger partial charge in [0.05, 0.1) is 5.69 Å². The summed E-state index contributed by atoms with van der Waals surface area (Å²) in [6.07, 6.45) is 0. The lowest BCUT2D eigenvalue weighted by Gasteiger charge is -2.20. The van der Waals surface area contributed by atoms with Gasteiger partial charge in [0.25, 0.3) is 0 Å². The van der Waals surface area contributed by atoms with Crippen molar-refractivity contribution in [3.8, 4) is 5.75 Å². The third kappa shape index (κ3) is 1.64. The monoisotopic (exact) mass is 194 g/mol. The molecule has 0 saturated carbocycles. The minimum Gasteiger partial charge on any atom is -0.484 e. The van der Waals surface area contributed by atoms with Gasteiger partial charge in [-0.15, -0.1) is 0 Å². The van der Waals surface area contributed by atoms with Gasteiger partial charge in [0.2, 0.25) is 0 Å². The van der Waals surface area contributed by atoms with E-state index in [0.29, 0.717) is 18.1 Å². The number of fused-ring (bicyclic) bond motifs is 1. The molecule has 0 aliphatic carbocycles. The van der Waals surface area contributed by atoms with Gasteiger partial charge < -0.3 is 15.8 Å². The van der Waals surface area contributed by atoms with E-state index in [0.717, 1.165) is 17.0 Å². The van der Waals surface area contributed by atoms with Crippen LogP contribution in [0.1, 0.15) is 5.56 Å². The van der Waals surface area contributed by atoms with Crippen molar-refractivity contribution in [2.24, 2.45) is 5.73 Å². The van der Waals surface area contributed by atoms with Crippen LogP contribution in [0.15, 0.2) is 18.2 Å². The molecule has 0 amide bonds. The standard InChI is InChI=1S/C9H10N2OS/c10-4-6-1-2-8-7(3-6)11-9(13)5-12-8/h1-3H,4-5,10H2,(H,11,13). The highest BCUT2D eigenvalue weighted by Gasteiger charge is 2.12. The van der Waals surface area contributed by atoms with E-state index in [4.69, 9.17) is 22.7 Å². The quantitative estimate of drug-likeness (QED) is 0.661. The molecule has 4 heteroatoms. The maximum atomic E-state index is 5.52. The number of benzene rings is 1. The van der Waals surface area contributed by atoms with Crippen LogP contribution in [-0.2, 0) is 6.54 Å². The highest BCUT2D eigenvalue weighted by Crippen LogP contribution is 2.28. The first-order chi connectivity index (χ1) is 6.29. The Labute approximate surface area is 81.9 Å². The Morgan fingerprint density at radius 3 is 3.15 bits per heavy atom. The lowest BCUT2D eigenvalue weighted by atomic mass is 10.1. The van der Waals surface area contributed by atoms with Crippen LogP contribution in [0.5, 0.6) is 5.75 Å². The number of anilines is 1. The summed E-state index contributed by atoms with van der Waals surface area (Å²) in [7, 11) is 0. The zero-order chi connectivity index (χ0) is 9.26. The number of ether oxygens (including phenoxy) is 1. The minimum absolute atomic E-state index is 0.463. The fraction of sp³-hybridized carbons (Fsp3) is 0.222. The molecule has 2 rings (SSSR count). The van der Waals surface area contributed by atoms with Crippen molar-refractivity contribution in [1.29, 1.82) is 0 Å². The number of hydrogen-bond acceptors (Lipinski definition) is 3. The van der Waals surface area contributed by atoms with Gasteiger partial charge in [-0.05, 0) is 17.7 Å². The van der Waals surface area contributed by atoms with Crippen LogP contribution in [0.2, 0.25) is 0 Å². The Hall–Kier alpha value is -1.13. The average Bonchev–Trinajstić information content (AvgIpc) is 2.16. The zero-order valence-corrected chi connectivity index (χ0v) is 7.86. The molecule has 68 valence electrons. The lowest BCUT2D eigenvalue weighted by molar-refractivity contribution is 0.375. The van der Waals surface area contributed by atoms with Gasteiger partial charge in [-0.1, -0.05) is 18.3 Å². The Morgan fingerprint density at radius 1 is 1.54 bits per heavy atom. The molecule has 0 aromatic heterocycles. The number of hydrogen-bond donors (Lipinski definition) is 2. The number of nitrogens with two attached hydrogens (primary N) is 1. The third-order valence-corrected chi connectivity index (χ3v) is 2.13. The normalized spacial score (nSPS) is 14.4. The van der Waals surface area contributed by atoms with Crippen LogP contribution >= 0.6 is 12.2 Å². The fourth-order valence-electron chi connectivity index (χ4n) is 1.26. The van der Waals surface area contributed by atoms with E-state index in [1.807, 2.05) is 18.2 Å².